The number of nitrogens with one attached hydrogen (secondary N) is 1. The Bertz CT molecular complexity index is 504. The first-order valence-corrected chi connectivity index (χ1v) is 6.34. The Morgan fingerprint density at radius 2 is 2.22 bits per heavy atom. The summed E-state index contributed by atoms with van der Waals surface area (Å²) in [4.78, 5) is 4.24. The van der Waals surface area contributed by atoms with E-state index in [0.29, 0.717) is 0 Å². The Hall–Kier alpha value is -1.68. The monoisotopic (exact) mass is 244 g/mol. The van der Waals surface area contributed by atoms with E-state index < -0.39 is 0 Å². The van der Waals surface area contributed by atoms with Gasteiger partial charge >= 0.3 is 0 Å². The SMILES string of the molecule is CCCNC(c1cnn(C)c1)c1cnccc1C. The Morgan fingerprint density at radius 1 is 1.39 bits per heavy atom. The molecule has 0 aliphatic heterocycles. The lowest BCUT2D eigenvalue weighted by Gasteiger charge is -2.19. The van der Waals surface area contributed by atoms with Gasteiger partial charge < -0.3 is 5.32 Å². The van der Waals surface area contributed by atoms with Gasteiger partial charge in [-0.15, -0.1) is 0 Å². The zero-order valence-corrected chi connectivity index (χ0v) is 11.2. The second kappa shape index (κ2) is 5.78. The molecule has 4 nitrogen and oxygen atoms in total. The fourth-order valence-electron chi connectivity index (χ4n) is 2.06. The Morgan fingerprint density at radius 3 is 2.83 bits per heavy atom. The predicted octanol–water partition coefficient (Wildman–Crippen LogP) is 2.21. The third kappa shape index (κ3) is 2.76. The molecule has 1 atom stereocenters. The lowest BCUT2D eigenvalue weighted by molar-refractivity contribution is 0.594. The van der Waals surface area contributed by atoms with Gasteiger partial charge in [-0.2, -0.15) is 5.10 Å². The second-order valence-electron chi connectivity index (χ2n) is 4.57. The largest absolute Gasteiger partial charge is 0.306 e. The minimum Gasteiger partial charge on any atom is -0.306 e. The van der Waals surface area contributed by atoms with Crippen molar-refractivity contribution in [2.24, 2.45) is 7.05 Å². The summed E-state index contributed by atoms with van der Waals surface area (Å²) in [6.45, 7) is 5.27. The number of rotatable bonds is 5. The Balaban J connectivity index is 2.33. The van der Waals surface area contributed by atoms with Crippen molar-refractivity contribution in [2.45, 2.75) is 26.3 Å². The van der Waals surface area contributed by atoms with Gasteiger partial charge in [-0.05, 0) is 37.1 Å². The fourth-order valence-corrected chi connectivity index (χ4v) is 2.06. The van der Waals surface area contributed by atoms with E-state index in [2.05, 4.69) is 35.4 Å². The zero-order chi connectivity index (χ0) is 13.0. The van der Waals surface area contributed by atoms with Crippen LogP contribution in [0.5, 0.6) is 0 Å². The molecule has 0 saturated heterocycles. The third-order valence-corrected chi connectivity index (χ3v) is 3.05. The number of hydrogen-bond acceptors (Lipinski definition) is 3. The maximum absolute atomic E-state index is 4.26. The maximum Gasteiger partial charge on any atom is 0.0625 e. The summed E-state index contributed by atoms with van der Waals surface area (Å²) >= 11 is 0. The van der Waals surface area contributed by atoms with E-state index in [0.717, 1.165) is 13.0 Å². The highest BCUT2D eigenvalue weighted by atomic mass is 15.2. The molecule has 2 aromatic rings. The van der Waals surface area contributed by atoms with Crippen LogP contribution in [0.4, 0.5) is 0 Å². The quantitative estimate of drug-likeness (QED) is 0.877. The standard InChI is InChI=1S/C14H20N4/c1-4-6-16-14(12-8-17-18(3)10-12)13-9-15-7-5-11(13)2/h5,7-10,14,16H,4,6H2,1-3H3. The number of pyridine rings is 1. The van der Waals surface area contributed by atoms with Gasteiger partial charge in [0.25, 0.3) is 0 Å². The van der Waals surface area contributed by atoms with Crippen LogP contribution in [0.3, 0.4) is 0 Å². The molecule has 0 spiro atoms. The first-order chi connectivity index (χ1) is 8.72. The van der Waals surface area contributed by atoms with Crippen LogP contribution >= 0.6 is 0 Å². The summed E-state index contributed by atoms with van der Waals surface area (Å²) < 4.78 is 1.83. The van der Waals surface area contributed by atoms with Crippen molar-refractivity contribution in [3.8, 4) is 0 Å². The van der Waals surface area contributed by atoms with E-state index in [4.69, 9.17) is 0 Å². The van der Waals surface area contributed by atoms with Crippen LogP contribution in [0.2, 0.25) is 0 Å². The van der Waals surface area contributed by atoms with Crippen LogP contribution in [0, 0.1) is 6.92 Å². The van der Waals surface area contributed by atoms with Crippen molar-refractivity contribution < 1.29 is 0 Å². The predicted molar refractivity (Wildman–Crippen MR) is 72.3 cm³/mol. The van der Waals surface area contributed by atoms with Crippen molar-refractivity contribution >= 4 is 0 Å². The third-order valence-electron chi connectivity index (χ3n) is 3.05. The van der Waals surface area contributed by atoms with Gasteiger partial charge in [-0.25, -0.2) is 0 Å². The minimum atomic E-state index is 0.173. The summed E-state index contributed by atoms with van der Waals surface area (Å²) in [5.41, 5.74) is 3.66. The first-order valence-electron chi connectivity index (χ1n) is 6.34. The number of aromatic nitrogens is 3. The lowest BCUT2D eigenvalue weighted by Crippen LogP contribution is -2.23. The molecule has 0 aliphatic carbocycles. The van der Waals surface area contributed by atoms with Gasteiger partial charge in [-0.3, -0.25) is 9.67 Å². The van der Waals surface area contributed by atoms with E-state index in [9.17, 15) is 0 Å². The molecular formula is C14H20N4. The zero-order valence-electron chi connectivity index (χ0n) is 11.2. The van der Waals surface area contributed by atoms with Gasteiger partial charge in [0.1, 0.15) is 0 Å². The highest BCUT2D eigenvalue weighted by Gasteiger charge is 2.16. The Kier molecular flexibility index (Phi) is 4.10. The second-order valence-corrected chi connectivity index (χ2v) is 4.57. The maximum atomic E-state index is 4.26. The van der Waals surface area contributed by atoms with Gasteiger partial charge in [-0.1, -0.05) is 6.92 Å². The van der Waals surface area contributed by atoms with Gasteiger partial charge in [0.15, 0.2) is 0 Å². The van der Waals surface area contributed by atoms with E-state index in [1.165, 1.54) is 16.7 Å². The molecular weight excluding hydrogens is 224 g/mol. The van der Waals surface area contributed by atoms with Crippen molar-refractivity contribution in [3.63, 3.8) is 0 Å². The van der Waals surface area contributed by atoms with E-state index in [1.54, 1.807) is 0 Å². The highest BCUT2D eigenvalue weighted by Crippen LogP contribution is 2.23. The summed E-state index contributed by atoms with van der Waals surface area (Å²) in [6.07, 6.45) is 8.85. The molecule has 2 aromatic heterocycles. The van der Waals surface area contributed by atoms with Gasteiger partial charge in [0.05, 0.1) is 12.2 Å². The average Bonchev–Trinajstić information content (AvgIpc) is 2.78. The first kappa shape index (κ1) is 12.8. The summed E-state index contributed by atoms with van der Waals surface area (Å²) in [5.74, 6) is 0. The number of aryl methyl sites for hydroxylation is 2. The smallest absolute Gasteiger partial charge is 0.0625 e. The van der Waals surface area contributed by atoms with E-state index in [-0.39, 0.29) is 6.04 Å². The van der Waals surface area contributed by atoms with Crippen molar-refractivity contribution in [3.05, 3.63) is 47.5 Å². The molecule has 0 bridgehead atoms. The Labute approximate surface area is 108 Å². The van der Waals surface area contributed by atoms with Crippen LogP contribution in [0.15, 0.2) is 30.9 Å². The van der Waals surface area contributed by atoms with Crippen LogP contribution in [0.1, 0.15) is 36.1 Å². The molecule has 0 saturated carbocycles. The summed E-state index contributed by atoms with van der Waals surface area (Å²) in [6, 6.07) is 2.22. The fraction of sp³-hybridized carbons (Fsp3) is 0.429. The molecule has 2 heterocycles. The molecule has 0 fully saturated rings. The van der Waals surface area contributed by atoms with Gasteiger partial charge in [0, 0.05) is 31.2 Å². The molecule has 0 amide bonds. The topological polar surface area (TPSA) is 42.7 Å². The molecule has 2 rings (SSSR count). The van der Waals surface area contributed by atoms with E-state index >= 15 is 0 Å². The number of nitrogens with zero attached hydrogens (tertiary/aromatic N) is 3. The molecule has 0 radical (unpaired) electrons. The minimum absolute atomic E-state index is 0.173. The molecule has 96 valence electrons. The van der Waals surface area contributed by atoms with Crippen LogP contribution in [-0.2, 0) is 7.05 Å². The summed E-state index contributed by atoms with van der Waals surface area (Å²) in [5, 5.41) is 7.82. The molecule has 0 aromatic carbocycles. The molecule has 0 aliphatic rings. The molecule has 18 heavy (non-hydrogen) atoms. The molecule has 4 heteroatoms. The lowest BCUT2D eigenvalue weighted by atomic mass is 9.99. The van der Waals surface area contributed by atoms with Crippen LogP contribution in [0.25, 0.3) is 0 Å². The van der Waals surface area contributed by atoms with Crippen molar-refractivity contribution in [1.82, 2.24) is 20.1 Å². The molecule has 1 N–H and O–H groups in total. The van der Waals surface area contributed by atoms with Crippen LogP contribution in [-0.4, -0.2) is 21.3 Å². The average molecular weight is 244 g/mol. The molecule has 1 unspecified atom stereocenters. The van der Waals surface area contributed by atoms with Crippen molar-refractivity contribution in [1.29, 1.82) is 0 Å². The van der Waals surface area contributed by atoms with Gasteiger partial charge in [0.2, 0.25) is 0 Å². The highest BCUT2D eigenvalue weighted by molar-refractivity contribution is 5.32. The summed E-state index contributed by atoms with van der Waals surface area (Å²) in [7, 11) is 1.94. The normalized spacial score (nSPS) is 12.6. The van der Waals surface area contributed by atoms with Crippen molar-refractivity contribution in [2.75, 3.05) is 6.54 Å². The van der Waals surface area contributed by atoms with Crippen LogP contribution < -0.4 is 5.32 Å². The van der Waals surface area contributed by atoms with E-state index in [1.807, 2.05) is 36.4 Å². The number of hydrogen-bond donors (Lipinski definition) is 1.